The Bertz CT molecular complexity index is 575. The van der Waals surface area contributed by atoms with E-state index in [1.54, 1.807) is 18.3 Å². The summed E-state index contributed by atoms with van der Waals surface area (Å²) in [6.45, 7) is -1.28. The van der Waals surface area contributed by atoms with Crippen LogP contribution in [0.4, 0.5) is 17.6 Å². The maximum absolute atomic E-state index is 12.4. The fourth-order valence-corrected chi connectivity index (χ4v) is 2.36. The smallest absolute Gasteiger partial charge is 0.251 e. The van der Waals surface area contributed by atoms with Crippen LogP contribution in [0.25, 0.3) is 10.9 Å². The van der Waals surface area contributed by atoms with Crippen molar-refractivity contribution in [3.8, 4) is 5.75 Å². The number of aromatic amines is 1. The molecule has 7 heteroatoms. The van der Waals surface area contributed by atoms with E-state index < -0.39 is 25.9 Å². The van der Waals surface area contributed by atoms with E-state index in [-0.39, 0.29) is 12.3 Å². The van der Waals surface area contributed by atoms with Gasteiger partial charge in [0.1, 0.15) is 5.75 Å². The summed E-state index contributed by atoms with van der Waals surface area (Å²) in [6.07, 6.45) is -3.34. The summed E-state index contributed by atoms with van der Waals surface area (Å²) in [6, 6.07) is 4.97. The largest absolute Gasteiger partial charge is 0.507 e. The first-order valence-electron chi connectivity index (χ1n) is 6.54. The second-order valence-corrected chi connectivity index (χ2v) is 4.81. The van der Waals surface area contributed by atoms with Gasteiger partial charge in [0, 0.05) is 23.6 Å². The highest BCUT2D eigenvalue weighted by atomic mass is 19.3. The van der Waals surface area contributed by atoms with E-state index in [0.717, 1.165) is 16.0 Å². The van der Waals surface area contributed by atoms with Crippen LogP contribution in [-0.4, -0.2) is 47.5 Å². The number of aromatic hydroxyl groups is 1. The number of rotatable bonds is 7. The molecule has 0 amide bonds. The van der Waals surface area contributed by atoms with E-state index in [2.05, 4.69) is 4.98 Å². The van der Waals surface area contributed by atoms with Crippen molar-refractivity contribution in [1.29, 1.82) is 0 Å². The Labute approximate surface area is 119 Å². The molecule has 1 aromatic carbocycles. The zero-order valence-electron chi connectivity index (χ0n) is 11.2. The fourth-order valence-electron chi connectivity index (χ4n) is 2.36. The lowest BCUT2D eigenvalue weighted by molar-refractivity contribution is 0.0436. The Balaban J connectivity index is 2.08. The molecule has 1 aromatic heterocycles. The van der Waals surface area contributed by atoms with Crippen molar-refractivity contribution in [3.63, 3.8) is 0 Å². The lowest BCUT2D eigenvalue weighted by atomic mass is 10.1. The summed E-state index contributed by atoms with van der Waals surface area (Å²) in [5.74, 6) is 0.0815. The molecular formula is C14H16F4N2O. The summed E-state index contributed by atoms with van der Waals surface area (Å²) in [5.41, 5.74) is 1.44. The summed E-state index contributed by atoms with van der Waals surface area (Å²) >= 11 is 0. The maximum Gasteiger partial charge on any atom is 0.251 e. The number of phenols is 1. The van der Waals surface area contributed by atoms with Gasteiger partial charge < -0.3 is 10.1 Å². The first-order valence-corrected chi connectivity index (χ1v) is 6.54. The predicted molar refractivity (Wildman–Crippen MR) is 72.1 cm³/mol. The van der Waals surface area contributed by atoms with Gasteiger partial charge in [-0.25, -0.2) is 17.6 Å². The molecule has 0 bridgehead atoms. The summed E-state index contributed by atoms with van der Waals surface area (Å²) in [7, 11) is 0. The monoisotopic (exact) mass is 304 g/mol. The highest BCUT2D eigenvalue weighted by Crippen LogP contribution is 2.27. The minimum atomic E-state index is -2.65. The van der Waals surface area contributed by atoms with Gasteiger partial charge in [-0.1, -0.05) is 6.07 Å². The van der Waals surface area contributed by atoms with Crippen molar-refractivity contribution in [2.75, 3.05) is 19.6 Å². The Morgan fingerprint density at radius 2 is 1.76 bits per heavy atom. The zero-order chi connectivity index (χ0) is 15.4. The number of halogens is 4. The number of hydrogen-bond donors (Lipinski definition) is 2. The van der Waals surface area contributed by atoms with E-state index in [1.165, 1.54) is 6.07 Å². The number of nitrogens with zero attached hydrogens (tertiary/aromatic N) is 1. The van der Waals surface area contributed by atoms with E-state index in [4.69, 9.17) is 0 Å². The van der Waals surface area contributed by atoms with Gasteiger partial charge in [-0.05, 0) is 24.1 Å². The minimum absolute atomic E-state index is 0.0793. The normalized spacial score (nSPS) is 12.1. The first kappa shape index (κ1) is 15.6. The predicted octanol–water partition coefficient (Wildman–Crippen LogP) is 3.25. The zero-order valence-corrected chi connectivity index (χ0v) is 11.2. The van der Waals surface area contributed by atoms with Crippen LogP contribution in [0.1, 0.15) is 5.56 Å². The standard InChI is InChI=1S/C14H16F4N2O/c15-12(16)7-20(8-13(17)18)5-4-9-6-19-10-2-1-3-11(21)14(9)10/h1-3,6,12-13,19,21H,4-5,7-8H2. The van der Waals surface area contributed by atoms with E-state index in [9.17, 15) is 22.7 Å². The Morgan fingerprint density at radius 3 is 2.38 bits per heavy atom. The summed E-state index contributed by atoms with van der Waals surface area (Å²) in [5, 5.41) is 10.4. The molecule has 2 N–H and O–H groups in total. The van der Waals surface area contributed by atoms with Gasteiger partial charge >= 0.3 is 0 Å². The van der Waals surface area contributed by atoms with E-state index in [0.29, 0.717) is 11.8 Å². The van der Waals surface area contributed by atoms with Gasteiger partial charge in [-0.15, -0.1) is 0 Å². The lowest BCUT2D eigenvalue weighted by Gasteiger charge is -2.21. The quantitative estimate of drug-likeness (QED) is 0.771. The Hall–Kier alpha value is -1.76. The maximum atomic E-state index is 12.4. The number of phenolic OH excluding ortho intramolecular Hbond substituents is 1. The highest BCUT2D eigenvalue weighted by molar-refractivity contribution is 5.88. The molecule has 2 rings (SSSR count). The molecule has 116 valence electrons. The third-order valence-corrected chi connectivity index (χ3v) is 3.26. The average Bonchev–Trinajstić information content (AvgIpc) is 2.79. The number of benzene rings is 1. The van der Waals surface area contributed by atoms with Crippen molar-refractivity contribution >= 4 is 10.9 Å². The SMILES string of the molecule is Oc1cccc2[nH]cc(CCN(CC(F)F)CC(F)F)c12. The minimum Gasteiger partial charge on any atom is -0.507 e. The van der Waals surface area contributed by atoms with Crippen molar-refractivity contribution in [1.82, 2.24) is 9.88 Å². The molecule has 0 spiro atoms. The van der Waals surface area contributed by atoms with Gasteiger partial charge in [-0.3, -0.25) is 4.90 Å². The summed E-state index contributed by atoms with van der Waals surface area (Å²) < 4.78 is 49.5. The van der Waals surface area contributed by atoms with Gasteiger partial charge in [0.15, 0.2) is 0 Å². The van der Waals surface area contributed by atoms with Crippen LogP contribution < -0.4 is 0 Å². The topological polar surface area (TPSA) is 39.3 Å². The van der Waals surface area contributed by atoms with Crippen LogP contribution in [0.5, 0.6) is 5.75 Å². The Morgan fingerprint density at radius 1 is 1.10 bits per heavy atom. The third kappa shape index (κ3) is 4.10. The van der Waals surface area contributed by atoms with Gasteiger partial charge in [0.05, 0.1) is 13.1 Å². The molecule has 0 aliphatic rings. The van der Waals surface area contributed by atoms with Crippen molar-refractivity contribution < 1.29 is 22.7 Å². The number of aromatic nitrogens is 1. The van der Waals surface area contributed by atoms with E-state index in [1.807, 2.05) is 0 Å². The summed E-state index contributed by atoms with van der Waals surface area (Å²) in [4.78, 5) is 4.00. The third-order valence-electron chi connectivity index (χ3n) is 3.26. The first-order chi connectivity index (χ1) is 9.97. The molecule has 0 aliphatic carbocycles. The molecule has 0 aliphatic heterocycles. The molecule has 3 nitrogen and oxygen atoms in total. The molecular weight excluding hydrogens is 288 g/mol. The number of alkyl halides is 4. The molecule has 0 radical (unpaired) electrons. The van der Waals surface area contributed by atoms with Crippen molar-refractivity contribution in [3.05, 3.63) is 30.0 Å². The molecule has 0 atom stereocenters. The molecule has 0 saturated heterocycles. The molecule has 0 fully saturated rings. The van der Waals surface area contributed by atoms with Gasteiger partial charge in [0.25, 0.3) is 12.9 Å². The lowest BCUT2D eigenvalue weighted by Crippen LogP contribution is -2.34. The molecule has 0 unspecified atom stereocenters. The van der Waals surface area contributed by atoms with Crippen LogP contribution >= 0.6 is 0 Å². The number of nitrogens with one attached hydrogen (secondary N) is 1. The second kappa shape index (κ2) is 6.80. The van der Waals surface area contributed by atoms with Crippen molar-refractivity contribution in [2.45, 2.75) is 19.3 Å². The Kier molecular flexibility index (Phi) is 5.06. The number of hydrogen-bond acceptors (Lipinski definition) is 2. The molecule has 1 heterocycles. The van der Waals surface area contributed by atoms with Crippen LogP contribution in [-0.2, 0) is 6.42 Å². The second-order valence-electron chi connectivity index (χ2n) is 4.81. The number of H-pyrrole nitrogens is 1. The van der Waals surface area contributed by atoms with E-state index >= 15 is 0 Å². The molecule has 21 heavy (non-hydrogen) atoms. The van der Waals surface area contributed by atoms with Crippen LogP contribution in [0.2, 0.25) is 0 Å². The number of fused-ring (bicyclic) bond motifs is 1. The van der Waals surface area contributed by atoms with Crippen LogP contribution in [0.15, 0.2) is 24.4 Å². The van der Waals surface area contributed by atoms with Gasteiger partial charge in [0.2, 0.25) is 0 Å². The highest BCUT2D eigenvalue weighted by Gasteiger charge is 2.17. The fraction of sp³-hybridized carbons (Fsp3) is 0.429. The van der Waals surface area contributed by atoms with Crippen molar-refractivity contribution in [2.24, 2.45) is 0 Å². The van der Waals surface area contributed by atoms with Crippen LogP contribution in [0, 0.1) is 0 Å². The molecule has 0 saturated carbocycles. The van der Waals surface area contributed by atoms with Crippen LogP contribution in [0.3, 0.4) is 0 Å². The molecule has 2 aromatic rings. The van der Waals surface area contributed by atoms with Gasteiger partial charge in [-0.2, -0.15) is 0 Å². The average molecular weight is 304 g/mol.